The number of benzene rings is 1. The van der Waals surface area contributed by atoms with Crippen molar-refractivity contribution in [2.45, 2.75) is 13.0 Å². The zero-order valence-corrected chi connectivity index (χ0v) is 8.79. The van der Waals surface area contributed by atoms with Crippen molar-refractivity contribution in [3.05, 3.63) is 30.1 Å². The minimum absolute atomic E-state index is 0.116. The molecular weight excluding hydrogens is 253 g/mol. The number of aromatic nitrogens is 4. The van der Waals surface area contributed by atoms with Crippen molar-refractivity contribution < 1.29 is 23.0 Å². The second-order valence-corrected chi connectivity index (χ2v) is 3.19. The number of hydrogen-bond acceptors (Lipinski definition) is 5. The van der Waals surface area contributed by atoms with Crippen LogP contribution in [0.3, 0.4) is 0 Å². The summed E-state index contributed by atoms with van der Waals surface area (Å²) in [5.74, 6) is -0.223. The predicted molar refractivity (Wildman–Crippen MR) is 51.8 cm³/mol. The number of hydrogen-bond donors (Lipinski definition) is 1. The number of alkyl halides is 3. The second-order valence-electron chi connectivity index (χ2n) is 3.19. The quantitative estimate of drug-likeness (QED) is 0.893. The summed E-state index contributed by atoms with van der Waals surface area (Å²) in [7, 11) is 0. The van der Waals surface area contributed by atoms with Crippen molar-refractivity contribution in [1.29, 1.82) is 0 Å². The fourth-order valence-electron chi connectivity index (χ4n) is 1.20. The van der Waals surface area contributed by atoms with Gasteiger partial charge in [-0.3, -0.25) is 0 Å². The second kappa shape index (κ2) is 4.61. The Morgan fingerprint density at radius 1 is 1.22 bits per heavy atom. The van der Waals surface area contributed by atoms with Gasteiger partial charge in [0.2, 0.25) is 5.82 Å². The Balaban J connectivity index is 2.17. The van der Waals surface area contributed by atoms with Crippen LogP contribution in [-0.4, -0.2) is 31.7 Å². The van der Waals surface area contributed by atoms with Crippen molar-refractivity contribution in [3.8, 4) is 11.4 Å². The molecule has 0 aliphatic carbocycles. The molecule has 0 aliphatic heterocycles. The van der Waals surface area contributed by atoms with E-state index in [1.165, 1.54) is 12.1 Å². The third-order valence-corrected chi connectivity index (χ3v) is 1.90. The smallest absolute Gasteiger partial charge is 0.406 e. The van der Waals surface area contributed by atoms with E-state index in [2.05, 4.69) is 20.1 Å². The SMILES string of the molecule is OCc1nnn(-c2ccc(OC(F)(F)F)cc2)n1. The highest BCUT2D eigenvalue weighted by molar-refractivity contribution is 5.35. The van der Waals surface area contributed by atoms with Crippen LogP contribution in [0, 0.1) is 0 Å². The van der Waals surface area contributed by atoms with Gasteiger partial charge in [-0.25, -0.2) is 0 Å². The maximum Gasteiger partial charge on any atom is 0.573 e. The Kier molecular flexibility index (Phi) is 3.15. The van der Waals surface area contributed by atoms with Gasteiger partial charge >= 0.3 is 6.36 Å². The summed E-state index contributed by atoms with van der Waals surface area (Å²) in [5.41, 5.74) is 0.400. The lowest BCUT2D eigenvalue weighted by atomic mass is 10.3. The Morgan fingerprint density at radius 3 is 2.39 bits per heavy atom. The molecule has 0 saturated carbocycles. The van der Waals surface area contributed by atoms with E-state index >= 15 is 0 Å². The fourth-order valence-corrected chi connectivity index (χ4v) is 1.20. The number of nitrogens with zero attached hydrogens (tertiary/aromatic N) is 4. The molecule has 1 N–H and O–H groups in total. The molecule has 96 valence electrons. The zero-order chi connectivity index (χ0) is 13.2. The third kappa shape index (κ3) is 2.94. The van der Waals surface area contributed by atoms with E-state index in [1.807, 2.05) is 0 Å². The molecule has 0 unspecified atom stereocenters. The highest BCUT2D eigenvalue weighted by atomic mass is 19.4. The molecule has 0 atom stereocenters. The van der Waals surface area contributed by atoms with E-state index in [1.54, 1.807) is 0 Å². The van der Waals surface area contributed by atoms with Crippen molar-refractivity contribution in [1.82, 2.24) is 20.2 Å². The average Bonchev–Trinajstić information content (AvgIpc) is 2.76. The summed E-state index contributed by atoms with van der Waals surface area (Å²) >= 11 is 0. The minimum Gasteiger partial charge on any atom is -0.406 e. The van der Waals surface area contributed by atoms with Gasteiger partial charge in [-0.2, -0.15) is 0 Å². The lowest BCUT2D eigenvalue weighted by molar-refractivity contribution is -0.274. The first-order valence-electron chi connectivity index (χ1n) is 4.74. The lowest BCUT2D eigenvalue weighted by Crippen LogP contribution is -2.17. The van der Waals surface area contributed by atoms with Gasteiger partial charge in [-0.05, 0) is 29.5 Å². The van der Waals surface area contributed by atoms with Crippen molar-refractivity contribution in [3.63, 3.8) is 0 Å². The van der Waals surface area contributed by atoms with Crippen molar-refractivity contribution >= 4 is 0 Å². The molecule has 0 spiro atoms. The molecule has 0 fully saturated rings. The van der Waals surface area contributed by atoms with Crippen LogP contribution in [-0.2, 0) is 6.61 Å². The first-order chi connectivity index (χ1) is 8.48. The normalized spacial score (nSPS) is 11.6. The number of aliphatic hydroxyl groups excluding tert-OH is 1. The molecule has 1 heterocycles. The molecule has 0 saturated heterocycles. The molecular formula is C9H7F3N4O2. The van der Waals surface area contributed by atoms with Gasteiger partial charge < -0.3 is 9.84 Å². The largest absolute Gasteiger partial charge is 0.573 e. The summed E-state index contributed by atoms with van der Waals surface area (Å²) in [5, 5.41) is 19.7. The van der Waals surface area contributed by atoms with E-state index in [0.29, 0.717) is 5.69 Å². The Hall–Kier alpha value is -2.16. The van der Waals surface area contributed by atoms with Crippen LogP contribution in [0.4, 0.5) is 13.2 Å². The molecule has 18 heavy (non-hydrogen) atoms. The van der Waals surface area contributed by atoms with Gasteiger partial charge in [-0.1, -0.05) is 0 Å². The van der Waals surface area contributed by atoms with E-state index in [0.717, 1.165) is 16.9 Å². The molecule has 0 radical (unpaired) electrons. The molecule has 2 rings (SSSR count). The van der Waals surface area contributed by atoms with Crippen molar-refractivity contribution in [2.24, 2.45) is 0 Å². The monoisotopic (exact) mass is 260 g/mol. The molecule has 0 bridgehead atoms. The Labute approximate surface area is 98.6 Å². The number of ether oxygens (including phenoxy) is 1. The highest BCUT2D eigenvalue weighted by Crippen LogP contribution is 2.23. The topological polar surface area (TPSA) is 73.1 Å². The summed E-state index contributed by atoms with van der Waals surface area (Å²) in [6.07, 6.45) is -4.73. The third-order valence-electron chi connectivity index (χ3n) is 1.90. The van der Waals surface area contributed by atoms with Gasteiger partial charge in [0.1, 0.15) is 12.4 Å². The highest BCUT2D eigenvalue weighted by Gasteiger charge is 2.30. The van der Waals surface area contributed by atoms with Gasteiger partial charge in [0, 0.05) is 0 Å². The lowest BCUT2D eigenvalue weighted by Gasteiger charge is -2.08. The Morgan fingerprint density at radius 2 is 1.89 bits per heavy atom. The van der Waals surface area contributed by atoms with Crippen LogP contribution in [0.15, 0.2) is 24.3 Å². The number of halogens is 3. The number of rotatable bonds is 3. The first-order valence-corrected chi connectivity index (χ1v) is 4.74. The molecule has 6 nitrogen and oxygen atoms in total. The van der Waals surface area contributed by atoms with Crippen molar-refractivity contribution in [2.75, 3.05) is 0 Å². The van der Waals surface area contributed by atoms with Crippen LogP contribution >= 0.6 is 0 Å². The first kappa shape index (κ1) is 12.3. The number of tetrazole rings is 1. The zero-order valence-electron chi connectivity index (χ0n) is 8.79. The maximum absolute atomic E-state index is 11.9. The molecule has 0 aliphatic rings. The molecule has 1 aromatic carbocycles. The number of aliphatic hydroxyl groups is 1. The Bertz CT molecular complexity index is 523. The molecule has 2 aromatic rings. The van der Waals surface area contributed by atoms with Crippen LogP contribution in [0.25, 0.3) is 5.69 Å². The molecule has 9 heteroatoms. The summed E-state index contributed by atoms with van der Waals surface area (Å²) in [4.78, 5) is 1.09. The van der Waals surface area contributed by atoms with Crippen LogP contribution < -0.4 is 4.74 Å². The minimum atomic E-state index is -4.73. The molecule has 0 amide bonds. The molecule has 1 aromatic heterocycles. The van der Waals surface area contributed by atoms with Gasteiger partial charge in [0.05, 0.1) is 5.69 Å². The van der Waals surface area contributed by atoms with E-state index < -0.39 is 6.36 Å². The predicted octanol–water partition coefficient (Wildman–Crippen LogP) is 1.05. The van der Waals surface area contributed by atoms with Gasteiger partial charge in [0.25, 0.3) is 0 Å². The fraction of sp³-hybridized carbons (Fsp3) is 0.222. The summed E-state index contributed by atoms with van der Waals surface area (Å²) < 4.78 is 39.5. The van der Waals surface area contributed by atoms with Crippen LogP contribution in [0.5, 0.6) is 5.75 Å². The van der Waals surface area contributed by atoms with E-state index in [4.69, 9.17) is 5.11 Å². The van der Waals surface area contributed by atoms with Crippen LogP contribution in [0.2, 0.25) is 0 Å². The summed E-state index contributed by atoms with van der Waals surface area (Å²) in [6.45, 7) is -0.366. The van der Waals surface area contributed by atoms with Crippen LogP contribution in [0.1, 0.15) is 5.82 Å². The standard InChI is InChI=1S/C9H7F3N4O2/c10-9(11,12)18-7-3-1-6(2-4-7)16-14-8(5-17)13-15-16/h1-4,17H,5H2. The average molecular weight is 260 g/mol. The van der Waals surface area contributed by atoms with E-state index in [9.17, 15) is 13.2 Å². The summed E-state index contributed by atoms with van der Waals surface area (Å²) in [6, 6.07) is 4.93. The van der Waals surface area contributed by atoms with E-state index in [-0.39, 0.29) is 18.2 Å². The van der Waals surface area contributed by atoms with Gasteiger partial charge in [0.15, 0.2) is 0 Å². The maximum atomic E-state index is 11.9. The van der Waals surface area contributed by atoms with Gasteiger partial charge in [-0.15, -0.1) is 28.2 Å².